The second kappa shape index (κ2) is 7.39. The lowest BCUT2D eigenvalue weighted by Gasteiger charge is -2.42. The van der Waals surface area contributed by atoms with Gasteiger partial charge in [0.25, 0.3) is 0 Å². The summed E-state index contributed by atoms with van der Waals surface area (Å²) in [6.45, 7) is 9.06. The first-order valence-corrected chi connectivity index (χ1v) is 11.7. The Balaban J connectivity index is 1.35. The molecule has 2 aliphatic heterocycles. The number of hydrogen-bond donors (Lipinski definition) is 2. The third kappa shape index (κ3) is 3.79. The fourth-order valence-corrected chi connectivity index (χ4v) is 6.07. The number of aliphatic hydroxyl groups excluding tert-OH is 1. The maximum absolute atomic E-state index is 9.92. The van der Waals surface area contributed by atoms with Gasteiger partial charge >= 0.3 is 0 Å². The van der Waals surface area contributed by atoms with Crippen LogP contribution in [0.25, 0.3) is 0 Å². The van der Waals surface area contributed by atoms with Crippen molar-refractivity contribution in [3.8, 4) is 11.5 Å². The summed E-state index contributed by atoms with van der Waals surface area (Å²) in [5.41, 5.74) is 1.28. The van der Waals surface area contributed by atoms with Gasteiger partial charge in [0.1, 0.15) is 0 Å². The molecule has 1 aliphatic carbocycles. The van der Waals surface area contributed by atoms with Crippen molar-refractivity contribution in [3.63, 3.8) is 0 Å². The second-order valence-corrected chi connectivity index (χ2v) is 10.9. The Morgan fingerprint density at radius 2 is 1.93 bits per heavy atom. The number of benzene rings is 1. The molecule has 0 amide bonds. The molecule has 2 aromatic rings. The summed E-state index contributed by atoms with van der Waals surface area (Å²) < 4.78 is 11.0. The lowest BCUT2D eigenvalue weighted by molar-refractivity contribution is 0.0271. The highest BCUT2D eigenvalue weighted by atomic mass is 32.1. The summed E-state index contributed by atoms with van der Waals surface area (Å²) in [6, 6.07) is 6.55. The Morgan fingerprint density at radius 3 is 2.63 bits per heavy atom. The van der Waals surface area contributed by atoms with Crippen molar-refractivity contribution < 1.29 is 14.6 Å². The fraction of sp³-hybridized carbons (Fsp3) is 0.609. The van der Waals surface area contributed by atoms with Gasteiger partial charge in [0.05, 0.1) is 17.7 Å². The number of ether oxygens (including phenoxy) is 2. The first-order valence-electron chi connectivity index (χ1n) is 10.9. The smallest absolute Gasteiger partial charge is 0.231 e. The van der Waals surface area contributed by atoms with E-state index in [0.717, 1.165) is 55.4 Å². The second-order valence-electron chi connectivity index (χ2n) is 9.88. The Morgan fingerprint density at radius 1 is 1.20 bits per heavy atom. The molecule has 1 saturated carbocycles. The molecule has 2 fully saturated rings. The van der Waals surface area contributed by atoms with E-state index in [4.69, 9.17) is 14.5 Å². The van der Waals surface area contributed by atoms with Gasteiger partial charge in [0, 0.05) is 24.2 Å². The molecule has 0 spiro atoms. The average molecular weight is 430 g/mol. The lowest BCUT2D eigenvalue weighted by Crippen LogP contribution is -2.42. The van der Waals surface area contributed by atoms with Crippen LogP contribution in [0.2, 0.25) is 0 Å². The van der Waals surface area contributed by atoms with Gasteiger partial charge in [-0.05, 0) is 48.8 Å². The molecule has 2 N–H and O–H groups in total. The quantitative estimate of drug-likeness (QED) is 0.729. The lowest BCUT2D eigenvalue weighted by atomic mass is 9.84. The van der Waals surface area contributed by atoms with E-state index >= 15 is 0 Å². The predicted octanol–water partition coefficient (Wildman–Crippen LogP) is 4.52. The largest absolute Gasteiger partial charge is 0.454 e. The molecule has 7 heteroatoms. The first kappa shape index (κ1) is 20.1. The Labute approximate surface area is 182 Å². The third-order valence-electron chi connectivity index (χ3n) is 6.50. The summed E-state index contributed by atoms with van der Waals surface area (Å²) in [5.74, 6) is 1.66. The van der Waals surface area contributed by atoms with Gasteiger partial charge in [0.2, 0.25) is 6.79 Å². The maximum Gasteiger partial charge on any atom is 0.231 e. The molecule has 30 heavy (non-hydrogen) atoms. The monoisotopic (exact) mass is 429 g/mol. The van der Waals surface area contributed by atoms with Crippen molar-refractivity contribution in [3.05, 3.63) is 34.8 Å². The van der Waals surface area contributed by atoms with Crippen LogP contribution in [0.1, 0.15) is 62.9 Å². The van der Waals surface area contributed by atoms with Gasteiger partial charge in [-0.1, -0.05) is 26.8 Å². The summed E-state index contributed by atoms with van der Waals surface area (Å²) in [7, 11) is 0. The van der Waals surface area contributed by atoms with Crippen LogP contribution in [0.4, 0.5) is 5.13 Å². The fourth-order valence-electron chi connectivity index (χ4n) is 4.78. The molecule has 3 aliphatic rings. The molecule has 1 aromatic carbocycles. The zero-order valence-corrected chi connectivity index (χ0v) is 18.8. The number of rotatable bonds is 5. The number of thiazole rings is 1. The predicted molar refractivity (Wildman–Crippen MR) is 118 cm³/mol. The molecule has 1 aromatic heterocycles. The van der Waals surface area contributed by atoms with Gasteiger partial charge in [-0.2, -0.15) is 0 Å². The number of piperidine rings is 1. The molecule has 3 heterocycles. The van der Waals surface area contributed by atoms with Gasteiger partial charge < -0.3 is 19.9 Å². The van der Waals surface area contributed by atoms with E-state index in [0.29, 0.717) is 12.8 Å². The molecule has 6 nitrogen and oxygen atoms in total. The van der Waals surface area contributed by atoms with Crippen LogP contribution in [0, 0.1) is 5.41 Å². The number of likely N-dealkylation sites (tertiary alicyclic amines) is 1. The molecule has 1 unspecified atom stereocenters. The number of nitrogens with zero attached hydrogens (tertiary/aromatic N) is 2. The highest BCUT2D eigenvalue weighted by Gasteiger charge is 2.46. The van der Waals surface area contributed by atoms with E-state index in [1.165, 1.54) is 10.4 Å². The number of aromatic nitrogens is 1. The summed E-state index contributed by atoms with van der Waals surface area (Å²) in [4.78, 5) is 8.58. The van der Waals surface area contributed by atoms with Gasteiger partial charge in [-0.3, -0.25) is 4.90 Å². The van der Waals surface area contributed by atoms with E-state index in [-0.39, 0.29) is 17.1 Å². The van der Waals surface area contributed by atoms with Crippen LogP contribution in [-0.4, -0.2) is 41.0 Å². The van der Waals surface area contributed by atoms with Gasteiger partial charge in [0.15, 0.2) is 16.6 Å². The molecule has 0 bridgehead atoms. The molecular formula is C23H31N3O3S. The van der Waals surface area contributed by atoms with E-state index in [1.807, 2.05) is 12.3 Å². The van der Waals surface area contributed by atoms with Gasteiger partial charge in [-0.25, -0.2) is 4.98 Å². The first-order chi connectivity index (χ1) is 14.3. The van der Waals surface area contributed by atoms with E-state index in [2.05, 4.69) is 43.1 Å². The van der Waals surface area contributed by atoms with Crippen molar-refractivity contribution in [2.24, 2.45) is 5.41 Å². The Bertz CT molecular complexity index is 911. The normalized spacial score (nSPS) is 22.1. The minimum Gasteiger partial charge on any atom is -0.454 e. The molecule has 1 atom stereocenters. The van der Waals surface area contributed by atoms with Crippen LogP contribution < -0.4 is 14.8 Å². The highest BCUT2D eigenvalue weighted by molar-refractivity contribution is 7.15. The van der Waals surface area contributed by atoms with Crippen LogP contribution in [-0.2, 0) is 5.54 Å². The minimum atomic E-state index is -0.156. The van der Waals surface area contributed by atoms with E-state index in [1.54, 1.807) is 11.3 Å². The van der Waals surface area contributed by atoms with E-state index < -0.39 is 0 Å². The molecular weight excluding hydrogens is 398 g/mol. The summed E-state index contributed by atoms with van der Waals surface area (Å²) in [5, 5.41) is 14.6. The average Bonchev–Trinajstić information content (AvgIpc) is 3.10. The number of aliphatic hydroxyl groups is 1. The highest BCUT2D eigenvalue weighted by Crippen LogP contribution is 2.51. The molecule has 162 valence electrons. The SMILES string of the molecule is CC(C)(C)C(c1cnc(NC2(c3ccc4c(c3)OCO4)CC2)s1)N1CCC(O)CC1. The van der Waals surface area contributed by atoms with Crippen molar-refractivity contribution in [2.45, 2.75) is 64.1 Å². The zero-order valence-electron chi connectivity index (χ0n) is 18.0. The number of hydrogen-bond acceptors (Lipinski definition) is 7. The number of fused-ring (bicyclic) bond motifs is 1. The van der Waals surface area contributed by atoms with Crippen LogP contribution in [0.5, 0.6) is 11.5 Å². The Kier molecular flexibility index (Phi) is 4.95. The Hall–Kier alpha value is -1.83. The number of anilines is 1. The van der Waals surface area contributed by atoms with Crippen LogP contribution >= 0.6 is 11.3 Å². The topological polar surface area (TPSA) is 66.9 Å². The van der Waals surface area contributed by atoms with Gasteiger partial charge in [-0.15, -0.1) is 11.3 Å². The van der Waals surface area contributed by atoms with Crippen molar-refractivity contribution >= 4 is 16.5 Å². The zero-order chi connectivity index (χ0) is 20.9. The minimum absolute atomic E-state index is 0.0530. The summed E-state index contributed by atoms with van der Waals surface area (Å²) in [6.07, 6.45) is 5.77. The van der Waals surface area contributed by atoms with Crippen LogP contribution in [0.15, 0.2) is 24.4 Å². The number of nitrogens with one attached hydrogen (secondary N) is 1. The molecule has 5 rings (SSSR count). The van der Waals surface area contributed by atoms with Crippen molar-refractivity contribution in [1.82, 2.24) is 9.88 Å². The van der Waals surface area contributed by atoms with Crippen molar-refractivity contribution in [1.29, 1.82) is 0 Å². The third-order valence-corrected chi connectivity index (χ3v) is 7.46. The van der Waals surface area contributed by atoms with Crippen molar-refractivity contribution in [2.75, 3.05) is 25.2 Å². The standard InChI is InChI=1S/C23H31N3O3S/c1-22(2,3)20(26-10-6-16(27)7-11-26)19-13-24-21(30-19)25-23(8-9-23)15-4-5-17-18(12-15)29-14-28-17/h4-5,12-13,16,20,27H,6-11,14H2,1-3H3,(H,24,25). The maximum atomic E-state index is 9.92. The summed E-state index contributed by atoms with van der Waals surface area (Å²) >= 11 is 1.77. The van der Waals surface area contributed by atoms with Crippen LogP contribution in [0.3, 0.4) is 0 Å². The van der Waals surface area contributed by atoms with E-state index in [9.17, 15) is 5.11 Å². The molecule has 1 saturated heterocycles. The molecule has 0 radical (unpaired) electrons.